The molecule has 2 unspecified atom stereocenters. The summed E-state index contributed by atoms with van der Waals surface area (Å²) in [5.74, 6) is 1.64. The Kier molecular flexibility index (Phi) is 6.65. The molecule has 2 nitrogen and oxygen atoms in total. The molecule has 0 aromatic carbocycles. The Morgan fingerprint density at radius 3 is 2.56 bits per heavy atom. The molecule has 18 heavy (non-hydrogen) atoms. The molecular formula is C16H34N2. The lowest BCUT2D eigenvalue weighted by Crippen LogP contribution is -2.56. The van der Waals surface area contributed by atoms with Gasteiger partial charge in [0.25, 0.3) is 0 Å². The molecule has 0 radical (unpaired) electrons. The van der Waals surface area contributed by atoms with E-state index in [9.17, 15) is 0 Å². The molecule has 0 aromatic rings. The first-order chi connectivity index (χ1) is 8.54. The molecule has 2 atom stereocenters. The van der Waals surface area contributed by atoms with E-state index < -0.39 is 0 Å². The third-order valence-electron chi connectivity index (χ3n) is 4.59. The molecule has 0 spiro atoms. The molecule has 2 N–H and O–H groups in total. The van der Waals surface area contributed by atoms with E-state index in [1.165, 1.54) is 51.6 Å². The monoisotopic (exact) mass is 254 g/mol. The molecule has 0 aliphatic heterocycles. The van der Waals surface area contributed by atoms with Gasteiger partial charge in [0.1, 0.15) is 0 Å². The van der Waals surface area contributed by atoms with Crippen molar-refractivity contribution in [2.24, 2.45) is 17.6 Å². The summed E-state index contributed by atoms with van der Waals surface area (Å²) < 4.78 is 0. The first kappa shape index (κ1) is 16.0. The van der Waals surface area contributed by atoms with Crippen LogP contribution in [0.25, 0.3) is 0 Å². The predicted octanol–water partition coefficient (Wildman–Crippen LogP) is 3.65. The van der Waals surface area contributed by atoms with E-state index in [1.807, 2.05) is 0 Å². The maximum absolute atomic E-state index is 6.20. The molecule has 0 aromatic heterocycles. The minimum absolute atomic E-state index is 0.308. The second kappa shape index (κ2) is 7.49. The van der Waals surface area contributed by atoms with Crippen LogP contribution in [0.15, 0.2) is 0 Å². The largest absolute Gasteiger partial charge is 0.329 e. The van der Waals surface area contributed by atoms with E-state index in [0.29, 0.717) is 5.54 Å². The standard InChI is InChI=1S/C16H34N2/c1-5-10-18(11-8-14(2)3)16(13-17)9-6-7-15(4)12-16/h14-15H,5-13,17H2,1-4H3. The van der Waals surface area contributed by atoms with Crippen molar-refractivity contribution >= 4 is 0 Å². The Bertz CT molecular complexity index is 227. The minimum Gasteiger partial charge on any atom is -0.329 e. The van der Waals surface area contributed by atoms with E-state index in [-0.39, 0.29) is 0 Å². The van der Waals surface area contributed by atoms with Crippen molar-refractivity contribution in [3.63, 3.8) is 0 Å². The zero-order valence-corrected chi connectivity index (χ0v) is 13.0. The highest BCUT2D eigenvalue weighted by Gasteiger charge is 2.38. The lowest BCUT2D eigenvalue weighted by atomic mass is 9.75. The van der Waals surface area contributed by atoms with Crippen LogP contribution in [0.3, 0.4) is 0 Å². The maximum Gasteiger partial charge on any atom is 0.0334 e. The van der Waals surface area contributed by atoms with Crippen molar-refractivity contribution < 1.29 is 0 Å². The van der Waals surface area contributed by atoms with Crippen LogP contribution in [-0.2, 0) is 0 Å². The highest BCUT2D eigenvalue weighted by Crippen LogP contribution is 2.36. The second-order valence-electron chi connectivity index (χ2n) is 6.80. The lowest BCUT2D eigenvalue weighted by Gasteiger charge is -2.48. The maximum atomic E-state index is 6.20. The summed E-state index contributed by atoms with van der Waals surface area (Å²) in [5.41, 5.74) is 6.50. The van der Waals surface area contributed by atoms with Gasteiger partial charge in [-0.2, -0.15) is 0 Å². The summed E-state index contributed by atoms with van der Waals surface area (Å²) in [5, 5.41) is 0. The van der Waals surface area contributed by atoms with Crippen molar-refractivity contribution in [2.75, 3.05) is 19.6 Å². The highest BCUT2D eigenvalue weighted by atomic mass is 15.2. The molecule has 2 heteroatoms. The van der Waals surface area contributed by atoms with Gasteiger partial charge in [-0.15, -0.1) is 0 Å². The average molecular weight is 254 g/mol. The molecule has 1 aliphatic carbocycles. The van der Waals surface area contributed by atoms with Gasteiger partial charge in [-0.25, -0.2) is 0 Å². The number of hydrogen-bond donors (Lipinski definition) is 1. The third kappa shape index (κ3) is 4.24. The molecule has 1 rings (SSSR count). The fourth-order valence-corrected chi connectivity index (χ4v) is 3.50. The second-order valence-corrected chi connectivity index (χ2v) is 6.80. The van der Waals surface area contributed by atoms with Crippen molar-refractivity contribution in [1.29, 1.82) is 0 Å². The van der Waals surface area contributed by atoms with E-state index in [0.717, 1.165) is 18.4 Å². The van der Waals surface area contributed by atoms with Gasteiger partial charge in [-0.3, -0.25) is 4.90 Å². The summed E-state index contributed by atoms with van der Waals surface area (Å²) in [4.78, 5) is 2.72. The van der Waals surface area contributed by atoms with Crippen molar-refractivity contribution in [3.05, 3.63) is 0 Å². The van der Waals surface area contributed by atoms with Gasteiger partial charge >= 0.3 is 0 Å². The number of nitrogens with zero attached hydrogens (tertiary/aromatic N) is 1. The Hall–Kier alpha value is -0.0800. The van der Waals surface area contributed by atoms with Crippen LogP contribution in [0.2, 0.25) is 0 Å². The van der Waals surface area contributed by atoms with Gasteiger partial charge in [-0.1, -0.05) is 40.5 Å². The quantitative estimate of drug-likeness (QED) is 0.751. The van der Waals surface area contributed by atoms with Gasteiger partial charge in [0.05, 0.1) is 0 Å². The first-order valence-corrected chi connectivity index (χ1v) is 7.99. The van der Waals surface area contributed by atoms with Gasteiger partial charge in [0.15, 0.2) is 0 Å². The molecular weight excluding hydrogens is 220 g/mol. The van der Waals surface area contributed by atoms with Crippen LogP contribution < -0.4 is 5.73 Å². The number of nitrogens with two attached hydrogens (primary N) is 1. The zero-order valence-electron chi connectivity index (χ0n) is 13.0. The fourth-order valence-electron chi connectivity index (χ4n) is 3.50. The van der Waals surface area contributed by atoms with Crippen LogP contribution in [0, 0.1) is 11.8 Å². The van der Waals surface area contributed by atoms with E-state index in [4.69, 9.17) is 5.73 Å². The highest BCUT2D eigenvalue weighted by molar-refractivity contribution is 4.95. The Labute approximate surface area is 114 Å². The number of hydrogen-bond acceptors (Lipinski definition) is 2. The third-order valence-corrected chi connectivity index (χ3v) is 4.59. The van der Waals surface area contributed by atoms with Crippen molar-refractivity contribution in [1.82, 2.24) is 4.90 Å². The molecule has 1 fully saturated rings. The smallest absolute Gasteiger partial charge is 0.0334 e. The van der Waals surface area contributed by atoms with E-state index in [2.05, 4.69) is 32.6 Å². The normalized spacial score (nSPS) is 29.2. The number of rotatable bonds is 7. The lowest BCUT2D eigenvalue weighted by molar-refractivity contribution is 0.0354. The van der Waals surface area contributed by atoms with Crippen LogP contribution in [0.4, 0.5) is 0 Å². The predicted molar refractivity (Wildman–Crippen MR) is 80.7 cm³/mol. The van der Waals surface area contributed by atoms with Crippen molar-refractivity contribution in [3.8, 4) is 0 Å². The topological polar surface area (TPSA) is 29.3 Å². The van der Waals surface area contributed by atoms with E-state index >= 15 is 0 Å². The summed E-state index contributed by atoms with van der Waals surface area (Å²) in [6.45, 7) is 12.6. The van der Waals surface area contributed by atoms with E-state index in [1.54, 1.807) is 0 Å². The van der Waals surface area contributed by atoms with Gasteiger partial charge in [-0.05, 0) is 50.6 Å². The molecule has 0 heterocycles. The summed E-state index contributed by atoms with van der Waals surface area (Å²) in [6.07, 6.45) is 7.92. The molecule has 0 bridgehead atoms. The van der Waals surface area contributed by atoms with Crippen LogP contribution in [0.5, 0.6) is 0 Å². The molecule has 108 valence electrons. The minimum atomic E-state index is 0.308. The SMILES string of the molecule is CCCN(CCC(C)C)C1(CN)CCCC(C)C1. The Balaban J connectivity index is 2.71. The summed E-state index contributed by atoms with van der Waals surface area (Å²) in [6, 6.07) is 0. The Morgan fingerprint density at radius 1 is 1.33 bits per heavy atom. The molecule has 1 aliphatic rings. The van der Waals surface area contributed by atoms with Gasteiger partial charge in [0.2, 0.25) is 0 Å². The van der Waals surface area contributed by atoms with Gasteiger partial charge < -0.3 is 5.73 Å². The average Bonchev–Trinajstić information content (AvgIpc) is 2.34. The molecule has 0 saturated heterocycles. The Morgan fingerprint density at radius 2 is 2.06 bits per heavy atom. The molecule has 0 amide bonds. The summed E-state index contributed by atoms with van der Waals surface area (Å²) in [7, 11) is 0. The zero-order chi connectivity index (χ0) is 13.6. The van der Waals surface area contributed by atoms with Crippen molar-refractivity contribution in [2.45, 2.75) is 71.8 Å². The van der Waals surface area contributed by atoms with Gasteiger partial charge in [0, 0.05) is 12.1 Å². The molecule has 1 saturated carbocycles. The summed E-state index contributed by atoms with van der Waals surface area (Å²) >= 11 is 0. The fraction of sp³-hybridized carbons (Fsp3) is 1.00. The van der Waals surface area contributed by atoms with Crippen LogP contribution in [0.1, 0.15) is 66.2 Å². The van der Waals surface area contributed by atoms with Crippen LogP contribution >= 0.6 is 0 Å². The first-order valence-electron chi connectivity index (χ1n) is 7.99. The van der Waals surface area contributed by atoms with Crippen LogP contribution in [-0.4, -0.2) is 30.1 Å².